The molecule has 1 aromatic carbocycles. The molecule has 0 spiro atoms. The Morgan fingerprint density at radius 2 is 1.86 bits per heavy atom. The lowest BCUT2D eigenvalue weighted by Gasteiger charge is -2.38. The molecule has 2 unspecified atom stereocenters. The molecule has 5 nitrogen and oxygen atoms in total. The van der Waals surface area contributed by atoms with Crippen molar-refractivity contribution in [3.63, 3.8) is 0 Å². The van der Waals surface area contributed by atoms with Crippen molar-refractivity contribution in [2.24, 2.45) is 11.8 Å². The van der Waals surface area contributed by atoms with Crippen LogP contribution in [0.15, 0.2) is 42.7 Å². The van der Waals surface area contributed by atoms with Crippen molar-refractivity contribution >= 4 is 5.91 Å². The normalized spacial score (nSPS) is 22.5. The minimum absolute atomic E-state index is 0.0233. The molecular weight excluding hydrogens is 350 g/mol. The zero-order valence-corrected chi connectivity index (χ0v) is 17.5. The second-order valence-corrected chi connectivity index (χ2v) is 8.58. The number of rotatable bonds is 7. The van der Waals surface area contributed by atoms with Crippen LogP contribution >= 0.6 is 0 Å². The first-order valence-electron chi connectivity index (χ1n) is 10.7. The fraction of sp³-hybridized carbons (Fsp3) is 0.609. The second kappa shape index (κ2) is 8.99. The van der Waals surface area contributed by atoms with E-state index in [2.05, 4.69) is 48.4 Å². The van der Waals surface area contributed by atoms with Crippen LogP contribution in [0.3, 0.4) is 0 Å². The maximum Gasteiger partial charge on any atom is 0.256 e. The van der Waals surface area contributed by atoms with E-state index in [-0.39, 0.29) is 11.8 Å². The summed E-state index contributed by atoms with van der Waals surface area (Å²) in [4.78, 5) is 17.7. The first-order valence-corrected chi connectivity index (χ1v) is 10.7. The van der Waals surface area contributed by atoms with Crippen LogP contribution in [-0.4, -0.2) is 47.1 Å². The van der Waals surface area contributed by atoms with Gasteiger partial charge in [-0.2, -0.15) is 0 Å². The molecule has 2 atom stereocenters. The summed E-state index contributed by atoms with van der Waals surface area (Å²) in [6.45, 7) is 5.65. The average molecular weight is 386 g/mol. The monoisotopic (exact) mass is 385 g/mol. The van der Waals surface area contributed by atoms with Crippen LogP contribution in [0.25, 0.3) is 0 Å². The lowest BCUT2D eigenvalue weighted by molar-refractivity contribution is -0.149. The maximum absolute atomic E-state index is 13.2. The van der Waals surface area contributed by atoms with Crippen molar-refractivity contribution in [3.05, 3.63) is 48.3 Å². The highest BCUT2D eigenvalue weighted by molar-refractivity contribution is 5.86. The van der Waals surface area contributed by atoms with Gasteiger partial charge in [-0.1, -0.05) is 63.4 Å². The van der Waals surface area contributed by atoms with E-state index in [0.29, 0.717) is 24.2 Å². The fourth-order valence-electron chi connectivity index (χ4n) is 4.86. The third-order valence-electron chi connectivity index (χ3n) is 6.26. The third-order valence-corrected chi connectivity index (χ3v) is 6.26. The van der Waals surface area contributed by atoms with Gasteiger partial charge in [0.25, 0.3) is 5.91 Å². The molecule has 3 rings (SSSR count). The summed E-state index contributed by atoms with van der Waals surface area (Å²) in [5, 5.41) is 14.6. The number of hydrogen-bond acceptors (Lipinski definition) is 4. The van der Waals surface area contributed by atoms with Gasteiger partial charge in [0.2, 0.25) is 0 Å². The number of nitrogens with one attached hydrogen (secondary N) is 1. The first kappa shape index (κ1) is 20.7. The van der Waals surface area contributed by atoms with Gasteiger partial charge in [0, 0.05) is 38.5 Å². The predicted molar refractivity (Wildman–Crippen MR) is 112 cm³/mol. The molecule has 1 heterocycles. The smallest absolute Gasteiger partial charge is 0.256 e. The molecule has 1 saturated carbocycles. The zero-order valence-electron chi connectivity index (χ0n) is 17.5. The van der Waals surface area contributed by atoms with Crippen molar-refractivity contribution in [2.75, 3.05) is 20.1 Å². The van der Waals surface area contributed by atoms with Crippen molar-refractivity contribution in [3.8, 4) is 0 Å². The Morgan fingerprint density at radius 1 is 1.18 bits per heavy atom. The van der Waals surface area contributed by atoms with Crippen LogP contribution in [0, 0.1) is 11.8 Å². The average Bonchev–Trinajstić information content (AvgIpc) is 3.09. The Kier molecular flexibility index (Phi) is 6.65. The molecule has 1 fully saturated rings. The summed E-state index contributed by atoms with van der Waals surface area (Å²) in [5.74, 6) is 0.201. The van der Waals surface area contributed by atoms with Crippen LogP contribution < -0.4 is 5.32 Å². The highest BCUT2D eigenvalue weighted by Crippen LogP contribution is 2.39. The summed E-state index contributed by atoms with van der Waals surface area (Å²) in [6.07, 6.45) is 9.61. The zero-order chi connectivity index (χ0) is 20.1. The summed E-state index contributed by atoms with van der Waals surface area (Å²) in [7, 11) is 2.08. The number of carbonyl (C=O) groups excluding carboxylic acids is 1. The topological polar surface area (TPSA) is 55.8 Å². The molecule has 1 aromatic rings. The molecule has 1 aliphatic carbocycles. The highest BCUT2D eigenvalue weighted by atomic mass is 16.3. The van der Waals surface area contributed by atoms with Crippen molar-refractivity contribution in [1.29, 1.82) is 0 Å². The van der Waals surface area contributed by atoms with E-state index in [1.807, 2.05) is 30.3 Å². The van der Waals surface area contributed by atoms with E-state index < -0.39 is 5.60 Å². The molecule has 28 heavy (non-hydrogen) atoms. The van der Waals surface area contributed by atoms with Gasteiger partial charge in [-0.25, -0.2) is 0 Å². The van der Waals surface area contributed by atoms with Gasteiger partial charge < -0.3 is 20.2 Å². The summed E-state index contributed by atoms with van der Waals surface area (Å²) < 4.78 is 0. The maximum atomic E-state index is 13.2. The molecule has 0 aromatic heterocycles. The Morgan fingerprint density at radius 3 is 2.50 bits per heavy atom. The number of amides is 1. The molecule has 1 amide bonds. The van der Waals surface area contributed by atoms with Gasteiger partial charge in [0.05, 0.1) is 0 Å². The van der Waals surface area contributed by atoms with Gasteiger partial charge in [-0.3, -0.25) is 4.79 Å². The van der Waals surface area contributed by atoms with Gasteiger partial charge in [0.15, 0.2) is 5.60 Å². The van der Waals surface area contributed by atoms with E-state index >= 15 is 0 Å². The third kappa shape index (κ3) is 4.19. The highest BCUT2D eigenvalue weighted by Gasteiger charge is 2.45. The molecular formula is C23H35N3O2. The van der Waals surface area contributed by atoms with Crippen LogP contribution in [0.1, 0.15) is 51.5 Å². The summed E-state index contributed by atoms with van der Waals surface area (Å²) in [5.41, 5.74) is -0.739. The lowest BCUT2D eigenvalue weighted by atomic mass is 9.73. The molecule has 0 saturated heterocycles. The van der Waals surface area contributed by atoms with E-state index in [1.54, 1.807) is 0 Å². The van der Waals surface area contributed by atoms with Gasteiger partial charge in [-0.05, 0) is 24.3 Å². The van der Waals surface area contributed by atoms with Crippen LogP contribution in [0.4, 0.5) is 0 Å². The molecule has 5 heteroatoms. The molecule has 0 bridgehead atoms. The first-order chi connectivity index (χ1) is 13.4. The van der Waals surface area contributed by atoms with Crippen molar-refractivity contribution in [1.82, 2.24) is 15.1 Å². The number of nitrogens with zero attached hydrogens (tertiary/aromatic N) is 2. The number of carbonyl (C=O) groups is 1. The van der Waals surface area contributed by atoms with Crippen molar-refractivity contribution in [2.45, 2.75) is 57.7 Å². The molecule has 2 N–H and O–H groups in total. The summed E-state index contributed by atoms with van der Waals surface area (Å²) >= 11 is 0. The van der Waals surface area contributed by atoms with Gasteiger partial charge in [0.1, 0.15) is 6.17 Å². The van der Waals surface area contributed by atoms with Crippen LogP contribution in [0.2, 0.25) is 0 Å². The number of benzene rings is 1. The Hall–Kier alpha value is -2.01. The van der Waals surface area contributed by atoms with Gasteiger partial charge in [-0.15, -0.1) is 0 Å². The Bertz CT molecular complexity index is 670. The van der Waals surface area contributed by atoms with Crippen LogP contribution in [-0.2, 0) is 10.4 Å². The minimum Gasteiger partial charge on any atom is -0.375 e. The van der Waals surface area contributed by atoms with E-state index in [9.17, 15) is 9.90 Å². The second-order valence-electron chi connectivity index (χ2n) is 8.58. The SMILES string of the molecule is CC(C)C1N(C)C=CN1CCNC(=O)C(O)(c1ccccc1)C1CCCCC1. The molecule has 0 radical (unpaired) electrons. The predicted octanol–water partition coefficient (Wildman–Crippen LogP) is 3.27. The lowest BCUT2D eigenvalue weighted by Crippen LogP contribution is -2.52. The standard InChI is InChI=1S/C23H35N3O2/c1-18(2)21-25(3)16-17-26(21)15-14-24-22(27)23(28,19-10-6-4-7-11-19)20-12-8-5-9-13-20/h4,6-7,10-11,16-18,20-21,28H,5,8-9,12-15H2,1-3H3,(H,24,27). The van der Waals surface area contributed by atoms with E-state index in [4.69, 9.17) is 0 Å². The molecule has 1 aliphatic heterocycles. The van der Waals surface area contributed by atoms with Gasteiger partial charge >= 0.3 is 0 Å². The largest absolute Gasteiger partial charge is 0.375 e. The Balaban J connectivity index is 1.68. The molecule has 2 aliphatic rings. The quantitative estimate of drug-likeness (QED) is 0.756. The number of aliphatic hydroxyl groups is 1. The number of hydrogen-bond donors (Lipinski definition) is 2. The van der Waals surface area contributed by atoms with Crippen LogP contribution in [0.5, 0.6) is 0 Å². The Labute approximate surface area is 169 Å². The van der Waals surface area contributed by atoms with Crippen molar-refractivity contribution < 1.29 is 9.90 Å². The summed E-state index contributed by atoms with van der Waals surface area (Å²) in [6, 6.07) is 9.47. The van der Waals surface area contributed by atoms with E-state index in [1.165, 1.54) is 6.42 Å². The minimum atomic E-state index is -1.45. The molecule has 154 valence electrons. The fourth-order valence-corrected chi connectivity index (χ4v) is 4.86. The van der Waals surface area contributed by atoms with E-state index in [0.717, 1.165) is 32.2 Å².